The second-order valence-corrected chi connectivity index (χ2v) is 4.98. The monoisotopic (exact) mass is 316 g/mol. The Kier molecular flexibility index (Phi) is 3.02. The van der Waals surface area contributed by atoms with E-state index in [0.717, 1.165) is 25.9 Å². The minimum Gasteiger partial charge on any atom is -0.358 e. The van der Waals surface area contributed by atoms with Crippen LogP contribution in [0.3, 0.4) is 0 Å². The maximum atomic E-state index is 5.99. The third kappa shape index (κ3) is 1.94. The normalized spacial score (nSPS) is 20.9. The molecule has 3 rings (SSSR count). The van der Waals surface area contributed by atoms with Crippen LogP contribution in [0.1, 0.15) is 25.5 Å². The van der Waals surface area contributed by atoms with Crippen LogP contribution in [0.15, 0.2) is 11.1 Å². The highest BCUT2D eigenvalue weighted by Gasteiger charge is 2.22. The van der Waals surface area contributed by atoms with E-state index in [2.05, 4.69) is 30.9 Å². The summed E-state index contributed by atoms with van der Waals surface area (Å²) in [4.78, 5) is 12.5. The zero-order valence-corrected chi connectivity index (χ0v) is 11.3. The largest absolute Gasteiger partial charge is 0.358 e. The summed E-state index contributed by atoms with van der Waals surface area (Å²) in [5, 5.41) is 0.366. The summed E-state index contributed by atoms with van der Waals surface area (Å²) in [7, 11) is 0. The molecular formula is C10H10BrClN4O. The minimum atomic E-state index is -0.0194. The fraction of sp³-hybridized carbons (Fsp3) is 0.500. The third-order valence-electron chi connectivity index (χ3n) is 2.83. The molecule has 0 saturated carbocycles. The van der Waals surface area contributed by atoms with E-state index in [1.165, 1.54) is 6.33 Å². The molecule has 0 bridgehead atoms. The van der Waals surface area contributed by atoms with Crippen molar-refractivity contribution in [2.45, 2.75) is 25.5 Å². The molecule has 0 aromatic carbocycles. The number of halogens is 2. The van der Waals surface area contributed by atoms with Gasteiger partial charge in [-0.1, -0.05) is 11.6 Å². The molecule has 0 aliphatic carbocycles. The van der Waals surface area contributed by atoms with E-state index in [9.17, 15) is 0 Å². The Bertz CT molecular complexity index is 552. The first-order valence-electron chi connectivity index (χ1n) is 5.43. The molecule has 90 valence electrons. The molecular weight excluding hydrogens is 307 g/mol. The van der Waals surface area contributed by atoms with Crippen molar-refractivity contribution in [2.75, 3.05) is 6.61 Å². The Morgan fingerprint density at radius 1 is 1.41 bits per heavy atom. The topological polar surface area (TPSA) is 52.8 Å². The Morgan fingerprint density at radius 3 is 3.06 bits per heavy atom. The first kappa shape index (κ1) is 11.4. The molecule has 1 aliphatic heterocycles. The maximum absolute atomic E-state index is 5.99. The first-order chi connectivity index (χ1) is 8.27. The van der Waals surface area contributed by atoms with Gasteiger partial charge >= 0.3 is 0 Å². The van der Waals surface area contributed by atoms with E-state index < -0.39 is 0 Å². The Balaban J connectivity index is 2.14. The Hall–Kier alpha value is -0.720. The Morgan fingerprint density at radius 2 is 2.29 bits per heavy atom. The van der Waals surface area contributed by atoms with Crippen LogP contribution in [-0.2, 0) is 4.74 Å². The highest BCUT2D eigenvalue weighted by Crippen LogP contribution is 2.31. The van der Waals surface area contributed by atoms with Gasteiger partial charge in [0.25, 0.3) is 0 Å². The predicted octanol–water partition coefficient (Wildman–Crippen LogP) is 2.94. The Labute approximate surface area is 111 Å². The minimum absolute atomic E-state index is 0.0194. The van der Waals surface area contributed by atoms with E-state index >= 15 is 0 Å². The summed E-state index contributed by atoms with van der Waals surface area (Å²) in [6.07, 6.45) is 4.64. The lowest BCUT2D eigenvalue weighted by molar-refractivity contribution is -0.0311. The number of fused-ring (bicyclic) bond motifs is 1. The van der Waals surface area contributed by atoms with Gasteiger partial charge in [0.05, 0.1) is 0 Å². The van der Waals surface area contributed by atoms with E-state index in [1.807, 2.05) is 4.57 Å². The molecule has 1 saturated heterocycles. The summed E-state index contributed by atoms with van der Waals surface area (Å²) in [6.45, 7) is 0.773. The molecule has 1 aliphatic rings. The van der Waals surface area contributed by atoms with Crippen molar-refractivity contribution >= 4 is 38.7 Å². The van der Waals surface area contributed by atoms with Crippen molar-refractivity contribution in [3.63, 3.8) is 0 Å². The molecule has 17 heavy (non-hydrogen) atoms. The molecule has 3 heterocycles. The molecule has 0 amide bonds. The van der Waals surface area contributed by atoms with E-state index in [4.69, 9.17) is 16.3 Å². The lowest BCUT2D eigenvalue weighted by atomic mass is 10.2. The fourth-order valence-electron chi connectivity index (χ4n) is 2.04. The molecule has 1 unspecified atom stereocenters. The first-order valence-corrected chi connectivity index (χ1v) is 6.60. The van der Waals surface area contributed by atoms with Crippen molar-refractivity contribution < 1.29 is 4.74 Å². The van der Waals surface area contributed by atoms with Crippen molar-refractivity contribution in [2.24, 2.45) is 0 Å². The molecule has 2 aromatic heterocycles. The number of hydrogen-bond acceptors (Lipinski definition) is 4. The van der Waals surface area contributed by atoms with Gasteiger partial charge in [0.15, 0.2) is 15.5 Å². The predicted molar refractivity (Wildman–Crippen MR) is 66.9 cm³/mol. The van der Waals surface area contributed by atoms with Crippen LogP contribution in [0.5, 0.6) is 0 Å². The summed E-state index contributed by atoms with van der Waals surface area (Å²) >= 11 is 9.42. The molecule has 0 N–H and O–H groups in total. The van der Waals surface area contributed by atoms with E-state index in [-0.39, 0.29) is 6.23 Å². The van der Waals surface area contributed by atoms with Gasteiger partial charge < -0.3 is 4.74 Å². The molecule has 5 nitrogen and oxygen atoms in total. The van der Waals surface area contributed by atoms with Crippen molar-refractivity contribution in [1.82, 2.24) is 19.5 Å². The van der Waals surface area contributed by atoms with Crippen molar-refractivity contribution in [3.05, 3.63) is 16.2 Å². The smallest absolute Gasteiger partial charge is 0.181 e. The number of hydrogen-bond donors (Lipinski definition) is 0. The zero-order chi connectivity index (χ0) is 11.8. The summed E-state index contributed by atoms with van der Waals surface area (Å²) < 4.78 is 8.36. The van der Waals surface area contributed by atoms with Gasteiger partial charge in [-0.25, -0.2) is 15.0 Å². The average Bonchev–Trinajstić information content (AvgIpc) is 2.68. The van der Waals surface area contributed by atoms with Crippen LogP contribution < -0.4 is 0 Å². The van der Waals surface area contributed by atoms with Crippen LogP contribution in [0, 0.1) is 0 Å². The standard InChI is InChI=1S/C10H10BrClN4O/c11-10-15-7-8(12)13-5-14-9(7)16(10)6-3-1-2-4-17-6/h5-6H,1-4H2. The maximum Gasteiger partial charge on any atom is 0.181 e. The van der Waals surface area contributed by atoms with Crippen molar-refractivity contribution in [1.29, 1.82) is 0 Å². The van der Waals surface area contributed by atoms with Gasteiger partial charge in [-0.05, 0) is 35.2 Å². The third-order valence-corrected chi connectivity index (χ3v) is 3.67. The molecule has 2 aromatic rings. The summed E-state index contributed by atoms with van der Waals surface area (Å²) in [5.41, 5.74) is 1.32. The fourth-order valence-corrected chi connectivity index (χ4v) is 2.78. The lowest BCUT2D eigenvalue weighted by Crippen LogP contribution is -2.18. The quantitative estimate of drug-likeness (QED) is 0.599. The van der Waals surface area contributed by atoms with Gasteiger partial charge in [-0.2, -0.15) is 0 Å². The number of rotatable bonds is 1. The molecule has 1 atom stereocenters. The highest BCUT2D eigenvalue weighted by molar-refractivity contribution is 9.10. The van der Waals surface area contributed by atoms with Gasteiger partial charge in [-0.15, -0.1) is 0 Å². The SMILES string of the molecule is Clc1ncnc2c1nc(Br)n2C1CCCCO1. The zero-order valence-electron chi connectivity index (χ0n) is 8.94. The summed E-state index contributed by atoms with van der Waals surface area (Å²) in [6, 6.07) is 0. The van der Waals surface area contributed by atoms with Crippen LogP contribution >= 0.6 is 27.5 Å². The van der Waals surface area contributed by atoms with Crippen LogP contribution in [-0.4, -0.2) is 26.1 Å². The van der Waals surface area contributed by atoms with Crippen LogP contribution in [0.25, 0.3) is 11.2 Å². The number of imidazole rings is 1. The molecule has 0 radical (unpaired) electrons. The second-order valence-electron chi connectivity index (χ2n) is 3.91. The van der Waals surface area contributed by atoms with Gasteiger partial charge in [0.1, 0.15) is 18.1 Å². The second kappa shape index (κ2) is 4.51. The average molecular weight is 318 g/mol. The van der Waals surface area contributed by atoms with Gasteiger partial charge in [0, 0.05) is 6.61 Å². The van der Waals surface area contributed by atoms with Gasteiger partial charge in [0.2, 0.25) is 0 Å². The number of nitrogens with zero attached hydrogens (tertiary/aromatic N) is 4. The van der Waals surface area contributed by atoms with E-state index in [1.54, 1.807) is 0 Å². The number of aromatic nitrogens is 4. The number of ether oxygens (including phenoxy) is 1. The molecule has 7 heteroatoms. The van der Waals surface area contributed by atoms with E-state index in [0.29, 0.717) is 21.1 Å². The van der Waals surface area contributed by atoms with Gasteiger partial charge in [-0.3, -0.25) is 4.57 Å². The van der Waals surface area contributed by atoms with Crippen LogP contribution in [0.4, 0.5) is 0 Å². The van der Waals surface area contributed by atoms with Crippen molar-refractivity contribution in [3.8, 4) is 0 Å². The lowest BCUT2D eigenvalue weighted by Gasteiger charge is -2.24. The van der Waals surface area contributed by atoms with Crippen LogP contribution in [0.2, 0.25) is 5.15 Å². The molecule has 1 fully saturated rings. The summed E-state index contributed by atoms with van der Waals surface area (Å²) in [5.74, 6) is 0. The molecule has 0 spiro atoms. The highest BCUT2D eigenvalue weighted by atomic mass is 79.9.